The van der Waals surface area contributed by atoms with E-state index in [0.29, 0.717) is 34.8 Å². The van der Waals surface area contributed by atoms with Crippen molar-refractivity contribution < 1.29 is 4.74 Å². The van der Waals surface area contributed by atoms with Gasteiger partial charge in [-0.05, 0) is 23.8 Å². The maximum atomic E-state index is 5.95. The number of rotatable bonds is 8. The number of ether oxygens (including phenoxy) is 1. The van der Waals surface area contributed by atoms with Crippen LogP contribution in [0.15, 0.2) is 42.7 Å². The first-order valence-electron chi connectivity index (χ1n) is 10.8. The van der Waals surface area contributed by atoms with E-state index in [1.54, 1.807) is 12.4 Å². The van der Waals surface area contributed by atoms with Gasteiger partial charge in [-0.25, -0.2) is 15.0 Å². The van der Waals surface area contributed by atoms with Crippen LogP contribution in [-0.4, -0.2) is 74.4 Å². The van der Waals surface area contributed by atoms with Crippen LogP contribution in [-0.2, 0) is 11.3 Å². The third kappa shape index (κ3) is 5.36. The predicted molar refractivity (Wildman–Crippen MR) is 127 cm³/mol. The number of anilines is 2. The molecule has 4 heterocycles. The maximum Gasteiger partial charge on any atom is 0.224 e. The van der Waals surface area contributed by atoms with E-state index in [1.165, 1.54) is 0 Å². The number of H-pyrrole nitrogens is 1. The van der Waals surface area contributed by atoms with Crippen LogP contribution < -0.4 is 10.6 Å². The molecule has 3 aromatic heterocycles. The van der Waals surface area contributed by atoms with E-state index in [9.17, 15) is 0 Å². The van der Waals surface area contributed by atoms with Crippen LogP contribution in [0.1, 0.15) is 5.56 Å². The Morgan fingerprint density at radius 1 is 1.00 bits per heavy atom. The van der Waals surface area contributed by atoms with Crippen molar-refractivity contribution in [3.63, 3.8) is 0 Å². The van der Waals surface area contributed by atoms with Crippen LogP contribution in [0.4, 0.5) is 11.9 Å². The molecule has 3 N–H and O–H groups in total. The average molecular weight is 466 g/mol. The largest absolute Gasteiger partial charge is 0.379 e. The highest BCUT2D eigenvalue weighted by Crippen LogP contribution is 2.24. The number of nitrogens with zero attached hydrogens (tertiary/aromatic N) is 6. The second-order valence-corrected chi connectivity index (χ2v) is 8.09. The van der Waals surface area contributed by atoms with E-state index in [1.807, 2.05) is 30.3 Å². The van der Waals surface area contributed by atoms with Crippen molar-refractivity contribution in [3.8, 4) is 11.4 Å². The number of aromatic amines is 1. The molecule has 0 saturated carbocycles. The minimum atomic E-state index is 0.521. The summed E-state index contributed by atoms with van der Waals surface area (Å²) in [6.07, 6.45) is 3.47. The first kappa shape index (κ1) is 21.5. The zero-order valence-electron chi connectivity index (χ0n) is 18.0. The van der Waals surface area contributed by atoms with E-state index in [4.69, 9.17) is 16.3 Å². The summed E-state index contributed by atoms with van der Waals surface area (Å²) in [6.45, 7) is 5.77. The molecule has 4 aromatic rings. The number of aromatic nitrogens is 6. The molecule has 0 aliphatic carbocycles. The Bertz CT molecular complexity index is 1210. The van der Waals surface area contributed by atoms with Crippen molar-refractivity contribution in [1.82, 2.24) is 35.0 Å². The number of benzene rings is 1. The number of morpholine rings is 1. The molecule has 0 spiro atoms. The molecule has 0 radical (unpaired) electrons. The number of nitrogens with one attached hydrogen (secondary N) is 3. The van der Waals surface area contributed by atoms with Gasteiger partial charge in [-0.15, -0.1) is 0 Å². The lowest BCUT2D eigenvalue weighted by Gasteiger charge is -2.26. The Hall–Kier alpha value is -3.34. The molecule has 0 bridgehead atoms. The van der Waals surface area contributed by atoms with Crippen LogP contribution >= 0.6 is 11.6 Å². The molecular weight excluding hydrogens is 442 g/mol. The molecule has 1 aromatic carbocycles. The Kier molecular flexibility index (Phi) is 6.56. The average Bonchev–Trinajstić information content (AvgIpc) is 3.28. The Balaban J connectivity index is 1.24. The molecule has 170 valence electrons. The van der Waals surface area contributed by atoms with Gasteiger partial charge in [0.2, 0.25) is 11.9 Å². The Morgan fingerprint density at radius 2 is 1.82 bits per heavy atom. The highest BCUT2D eigenvalue weighted by Gasteiger charge is 2.13. The molecule has 1 aliphatic heterocycles. The summed E-state index contributed by atoms with van der Waals surface area (Å²) >= 11 is 5.95. The van der Waals surface area contributed by atoms with E-state index in [0.717, 1.165) is 56.0 Å². The van der Waals surface area contributed by atoms with Crippen LogP contribution in [0, 0.1) is 0 Å². The van der Waals surface area contributed by atoms with Gasteiger partial charge in [-0.1, -0.05) is 23.7 Å². The third-order valence-corrected chi connectivity index (χ3v) is 5.65. The topological polar surface area (TPSA) is 117 Å². The van der Waals surface area contributed by atoms with Crippen molar-refractivity contribution in [2.24, 2.45) is 0 Å². The van der Waals surface area contributed by atoms with Gasteiger partial charge in [0.25, 0.3) is 0 Å². The molecular formula is C22H24ClN9O. The van der Waals surface area contributed by atoms with E-state index < -0.39 is 0 Å². The molecule has 33 heavy (non-hydrogen) atoms. The smallest absolute Gasteiger partial charge is 0.224 e. The number of fused-ring (bicyclic) bond motifs is 1. The molecule has 1 fully saturated rings. The van der Waals surface area contributed by atoms with Gasteiger partial charge in [0, 0.05) is 50.1 Å². The third-order valence-electron chi connectivity index (χ3n) is 5.40. The zero-order chi connectivity index (χ0) is 22.5. The van der Waals surface area contributed by atoms with Crippen molar-refractivity contribution in [3.05, 3.63) is 53.3 Å². The minimum Gasteiger partial charge on any atom is -0.379 e. The predicted octanol–water partition coefficient (Wildman–Crippen LogP) is 2.82. The Labute approximate surface area is 195 Å². The molecule has 5 rings (SSSR count). The lowest BCUT2D eigenvalue weighted by molar-refractivity contribution is 0.0398. The first-order valence-corrected chi connectivity index (χ1v) is 11.2. The van der Waals surface area contributed by atoms with E-state index >= 15 is 0 Å². The Morgan fingerprint density at radius 3 is 2.67 bits per heavy atom. The number of halogens is 1. The highest BCUT2D eigenvalue weighted by atomic mass is 35.5. The van der Waals surface area contributed by atoms with Crippen molar-refractivity contribution in [2.75, 3.05) is 50.0 Å². The second-order valence-electron chi connectivity index (χ2n) is 7.66. The minimum absolute atomic E-state index is 0.521. The van der Waals surface area contributed by atoms with Gasteiger partial charge in [-0.2, -0.15) is 10.1 Å². The van der Waals surface area contributed by atoms with Crippen molar-refractivity contribution >= 4 is 34.5 Å². The van der Waals surface area contributed by atoms with Crippen LogP contribution in [0.3, 0.4) is 0 Å². The normalized spacial score (nSPS) is 14.5. The van der Waals surface area contributed by atoms with Gasteiger partial charge in [-0.3, -0.25) is 10.00 Å². The fraction of sp³-hybridized carbons (Fsp3) is 0.318. The van der Waals surface area contributed by atoms with Crippen molar-refractivity contribution in [1.29, 1.82) is 0 Å². The lowest BCUT2D eigenvalue weighted by atomic mass is 10.2. The quantitative estimate of drug-likeness (QED) is 0.361. The molecule has 0 amide bonds. The second kappa shape index (κ2) is 10.1. The number of hydrogen-bond donors (Lipinski definition) is 3. The van der Waals surface area contributed by atoms with Crippen LogP contribution in [0.2, 0.25) is 5.02 Å². The van der Waals surface area contributed by atoms with Gasteiger partial charge in [0.15, 0.2) is 5.65 Å². The summed E-state index contributed by atoms with van der Waals surface area (Å²) in [7, 11) is 0. The van der Waals surface area contributed by atoms with Gasteiger partial charge < -0.3 is 15.4 Å². The summed E-state index contributed by atoms with van der Waals surface area (Å²) in [5.41, 5.74) is 3.13. The maximum absolute atomic E-state index is 5.95. The van der Waals surface area contributed by atoms with E-state index in [-0.39, 0.29) is 0 Å². The van der Waals surface area contributed by atoms with Crippen LogP contribution in [0.5, 0.6) is 0 Å². The standard InChI is InChI=1S/C22H24ClN9O/c23-16-3-1-15(2-4-16)13-26-21-24-6-5-18(28-21)19-17-14-27-22(29-20(17)31-30-19)25-7-8-32-9-11-33-12-10-32/h1-6,14H,7-13H2,(H,24,26,28)(H2,25,27,29,30,31). The summed E-state index contributed by atoms with van der Waals surface area (Å²) in [5.74, 6) is 1.08. The van der Waals surface area contributed by atoms with E-state index in [2.05, 4.69) is 45.7 Å². The molecule has 1 aliphatic rings. The van der Waals surface area contributed by atoms with Gasteiger partial charge in [0.05, 0.1) is 30.0 Å². The fourth-order valence-corrected chi connectivity index (χ4v) is 3.73. The summed E-state index contributed by atoms with van der Waals surface area (Å²) in [6, 6.07) is 9.47. The lowest BCUT2D eigenvalue weighted by Crippen LogP contribution is -2.39. The number of hydrogen-bond acceptors (Lipinski definition) is 9. The molecule has 0 atom stereocenters. The zero-order valence-corrected chi connectivity index (χ0v) is 18.7. The fourth-order valence-electron chi connectivity index (χ4n) is 3.60. The molecule has 10 nitrogen and oxygen atoms in total. The van der Waals surface area contributed by atoms with Gasteiger partial charge >= 0.3 is 0 Å². The molecule has 1 saturated heterocycles. The SMILES string of the molecule is Clc1ccc(CNc2nccc(-c3[nH]nc4nc(NCCN5CCOCC5)ncc34)n2)cc1. The molecule has 11 heteroatoms. The monoisotopic (exact) mass is 465 g/mol. The van der Waals surface area contributed by atoms with Gasteiger partial charge in [0.1, 0.15) is 0 Å². The van der Waals surface area contributed by atoms with Crippen molar-refractivity contribution in [2.45, 2.75) is 6.54 Å². The summed E-state index contributed by atoms with van der Waals surface area (Å²) < 4.78 is 5.38. The first-order chi connectivity index (χ1) is 16.2. The summed E-state index contributed by atoms with van der Waals surface area (Å²) in [4.78, 5) is 20.3. The molecule has 0 unspecified atom stereocenters. The highest BCUT2D eigenvalue weighted by molar-refractivity contribution is 6.30. The summed E-state index contributed by atoms with van der Waals surface area (Å²) in [5, 5.41) is 15.4. The van der Waals surface area contributed by atoms with Crippen LogP contribution in [0.25, 0.3) is 22.4 Å².